The maximum Gasteiger partial charge on any atom is 0.276 e. The Labute approximate surface area is 230 Å². The molecule has 0 aliphatic heterocycles. The first-order valence-corrected chi connectivity index (χ1v) is 14.2. The van der Waals surface area contributed by atoms with Crippen LogP contribution in [0.2, 0.25) is 5.02 Å². The summed E-state index contributed by atoms with van der Waals surface area (Å²) in [6.07, 6.45) is 0. The van der Waals surface area contributed by atoms with E-state index in [1.165, 1.54) is 11.3 Å². The number of rotatable bonds is 10. The highest BCUT2D eigenvalue weighted by Crippen LogP contribution is 2.36. The highest BCUT2D eigenvalue weighted by Gasteiger charge is 2.36. The summed E-state index contributed by atoms with van der Waals surface area (Å²) in [5.41, 5.74) is 6.61. The number of nitrogens with two attached hydrogens (primary N) is 1. The Hall–Kier alpha value is -3.15. The van der Waals surface area contributed by atoms with Gasteiger partial charge in [-0.25, -0.2) is 0 Å². The van der Waals surface area contributed by atoms with E-state index >= 15 is 0 Å². The van der Waals surface area contributed by atoms with Gasteiger partial charge in [-0.3, -0.25) is 8.98 Å². The van der Waals surface area contributed by atoms with Crippen LogP contribution in [0.15, 0.2) is 66.7 Å². The molecule has 1 amide bonds. The number of halogens is 1. The minimum atomic E-state index is -3.82. The van der Waals surface area contributed by atoms with Crippen LogP contribution in [-0.4, -0.2) is 34.6 Å². The summed E-state index contributed by atoms with van der Waals surface area (Å²) in [7, 11) is -2.68. The number of benzene rings is 3. The van der Waals surface area contributed by atoms with E-state index < -0.39 is 14.9 Å². The zero-order chi connectivity index (χ0) is 27.5. The molecule has 0 bridgehead atoms. The summed E-state index contributed by atoms with van der Waals surface area (Å²) in [5, 5.41) is 4.23. The van der Waals surface area contributed by atoms with Crippen LogP contribution in [0.25, 0.3) is 10.1 Å². The molecule has 3 N–H and O–H groups in total. The molecule has 0 radical (unpaired) electrons. The van der Waals surface area contributed by atoms with Crippen LogP contribution in [0.4, 0.5) is 5.69 Å². The lowest BCUT2D eigenvalue weighted by atomic mass is 10.0. The van der Waals surface area contributed by atoms with E-state index in [4.69, 9.17) is 31.0 Å². The van der Waals surface area contributed by atoms with E-state index in [1.54, 1.807) is 80.6 Å². The van der Waals surface area contributed by atoms with E-state index in [1.807, 2.05) is 0 Å². The minimum absolute atomic E-state index is 0.297. The van der Waals surface area contributed by atoms with E-state index in [0.29, 0.717) is 51.6 Å². The van der Waals surface area contributed by atoms with Crippen molar-refractivity contribution < 1.29 is 26.9 Å². The van der Waals surface area contributed by atoms with Gasteiger partial charge in [0.15, 0.2) is 0 Å². The van der Waals surface area contributed by atoms with Crippen molar-refractivity contribution >= 4 is 54.7 Å². The lowest BCUT2D eigenvalue weighted by Crippen LogP contribution is -2.30. The Morgan fingerprint density at radius 3 is 2.39 bits per heavy atom. The molecule has 0 spiro atoms. The summed E-state index contributed by atoms with van der Waals surface area (Å²) in [6, 6.07) is 19.0. The molecule has 4 aromatic rings. The predicted molar refractivity (Wildman–Crippen MR) is 151 cm³/mol. The van der Waals surface area contributed by atoms with E-state index in [-0.39, 0.29) is 5.91 Å². The molecule has 3 aromatic carbocycles. The van der Waals surface area contributed by atoms with E-state index in [0.717, 1.165) is 17.2 Å². The highest BCUT2D eigenvalue weighted by atomic mass is 35.5. The third-order valence-electron chi connectivity index (χ3n) is 5.85. The summed E-state index contributed by atoms with van der Waals surface area (Å²) in [4.78, 5) is 13.6. The number of thiophene rings is 1. The third-order valence-corrected chi connectivity index (χ3v) is 9.14. The van der Waals surface area contributed by atoms with Crippen molar-refractivity contribution in [3.8, 4) is 17.2 Å². The molecule has 0 saturated heterocycles. The predicted octanol–water partition coefficient (Wildman–Crippen LogP) is 6.15. The molecule has 0 saturated carbocycles. The van der Waals surface area contributed by atoms with Crippen molar-refractivity contribution in [3.05, 3.63) is 82.2 Å². The Morgan fingerprint density at radius 1 is 1.00 bits per heavy atom. The van der Waals surface area contributed by atoms with E-state index in [2.05, 4.69) is 5.32 Å². The molecular weight excluding hydrogens is 548 g/mol. The first kappa shape index (κ1) is 27.9. The molecule has 0 fully saturated rings. The quantitative estimate of drug-likeness (QED) is 0.218. The topological polar surface area (TPSA) is 117 Å². The lowest BCUT2D eigenvalue weighted by Gasteiger charge is -2.23. The third kappa shape index (κ3) is 6.11. The van der Waals surface area contributed by atoms with Gasteiger partial charge in [0, 0.05) is 40.2 Å². The fourth-order valence-corrected chi connectivity index (χ4v) is 5.57. The molecule has 8 nitrogen and oxygen atoms in total. The number of anilines is 1. The molecular formula is C27H27ClN2O6S2. The van der Waals surface area contributed by atoms with Crippen molar-refractivity contribution in [1.82, 2.24) is 0 Å². The van der Waals surface area contributed by atoms with Crippen LogP contribution < -0.4 is 20.5 Å². The smallest absolute Gasteiger partial charge is 0.276 e. The number of amides is 1. The minimum Gasteiger partial charge on any atom is -0.492 e. The van der Waals surface area contributed by atoms with Crippen LogP contribution in [0, 0.1) is 0 Å². The molecule has 4 rings (SSSR count). The second-order valence-corrected chi connectivity index (χ2v) is 12.6. The largest absolute Gasteiger partial charge is 0.492 e. The second kappa shape index (κ2) is 11.3. The van der Waals surface area contributed by atoms with Gasteiger partial charge in [-0.05, 0) is 67.3 Å². The van der Waals surface area contributed by atoms with Crippen LogP contribution in [0.5, 0.6) is 17.2 Å². The van der Waals surface area contributed by atoms with Gasteiger partial charge >= 0.3 is 0 Å². The molecule has 11 heteroatoms. The number of fused-ring (bicyclic) bond motifs is 1. The molecule has 0 atom stereocenters. The van der Waals surface area contributed by atoms with Crippen molar-refractivity contribution in [3.63, 3.8) is 0 Å². The number of hydrogen-bond donors (Lipinski definition) is 2. The number of nitrogens with one attached hydrogen (secondary N) is 1. The number of carbonyl (C=O) groups is 1. The van der Waals surface area contributed by atoms with Gasteiger partial charge in [-0.15, -0.1) is 11.3 Å². The average molecular weight is 575 g/mol. The first-order valence-electron chi connectivity index (χ1n) is 11.6. The highest BCUT2D eigenvalue weighted by molar-refractivity contribution is 7.87. The van der Waals surface area contributed by atoms with Gasteiger partial charge in [-0.1, -0.05) is 17.7 Å². The Balaban J connectivity index is 1.60. The summed E-state index contributed by atoms with van der Waals surface area (Å²) >= 11 is 7.26. The summed E-state index contributed by atoms with van der Waals surface area (Å²) in [6.45, 7) is 3.79. The number of ether oxygens (including phenoxy) is 2. The molecule has 0 unspecified atom stereocenters. The standard InChI is InChI=1S/C27H27ClN2O6S2/c1-27(2,38(32,33)34-3)18-4-9-24-17(12-18)13-25(37-24)26(31)30-20-14-22(35-11-10-29)16-23(15-20)36-21-7-5-19(28)6-8-21/h4-9,12-16H,10-11,29H2,1-3H3,(H,30,31). The molecule has 1 heterocycles. The van der Waals surface area contributed by atoms with Gasteiger partial charge in [0.2, 0.25) is 0 Å². The van der Waals surface area contributed by atoms with Crippen LogP contribution >= 0.6 is 22.9 Å². The van der Waals surface area contributed by atoms with Crippen molar-refractivity contribution in [2.45, 2.75) is 18.6 Å². The fourth-order valence-electron chi connectivity index (χ4n) is 3.68. The van der Waals surface area contributed by atoms with Crippen LogP contribution in [0.3, 0.4) is 0 Å². The van der Waals surface area contributed by atoms with Crippen molar-refractivity contribution in [1.29, 1.82) is 0 Å². The van der Waals surface area contributed by atoms with Gasteiger partial charge in [-0.2, -0.15) is 8.42 Å². The Morgan fingerprint density at radius 2 is 1.71 bits per heavy atom. The fraction of sp³-hybridized carbons (Fsp3) is 0.222. The molecule has 38 heavy (non-hydrogen) atoms. The van der Waals surface area contributed by atoms with Gasteiger partial charge in [0.25, 0.3) is 16.0 Å². The maximum absolute atomic E-state index is 13.2. The molecule has 200 valence electrons. The molecule has 0 aliphatic carbocycles. The maximum atomic E-state index is 13.2. The average Bonchev–Trinajstić information content (AvgIpc) is 3.32. The monoisotopic (exact) mass is 574 g/mol. The number of hydrogen-bond acceptors (Lipinski definition) is 8. The van der Waals surface area contributed by atoms with Crippen LogP contribution in [-0.2, 0) is 19.0 Å². The van der Waals surface area contributed by atoms with Crippen LogP contribution in [0.1, 0.15) is 29.1 Å². The summed E-state index contributed by atoms with van der Waals surface area (Å²) < 4.78 is 40.8. The second-order valence-electron chi connectivity index (χ2n) is 8.83. The Kier molecular flexibility index (Phi) is 8.29. The molecule has 1 aromatic heterocycles. The lowest BCUT2D eigenvalue weighted by molar-refractivity contribution is 0.103. The Bertz CT molecular complexity index is 1570. The zero-order valence-corrected chi connectivity index (χ0v) is 23.4. The molecule has 0 aliphatic rings. The number of carbonyl (C=O) groups excluding carboxylic acids is 1. The van der Waals surface area contributed by atoms with Gasteiger partial charge in [0.1, 0.15) is 28.6 Å². The van der Waals surface area contributed by atoms with Gasteiger partial charge in [0.05, 0.1) is 12.0 Å². The SMILES string of the molecule is COS(=O)(=O)C(C)(C)c1ccc2sc(C(=O)Nc3cc(OCCN)cc(Oc4ccc(Cl)cc4)c3)cc2c1. The first-order chi connectivity index (χ1) is 18.0. The van der Waals surface area contributed by atoms with Gasteiger partial charge < -0.3 is 20.5 Å². The van der Waals surface area contributed by atoms with E-state index in [9.17, 15) is 13.2 Å². The zero-order valence-electron chi connectivity index (χ0n) is 21.0. The normalized spacial score (nSPS) is 11.9. The summed E-state index contributed by atoms with van der Waals surface area (Å²) in [5.74, 6) is 1.19. The van der Waals surface area contributed by atoms with Crippen molar-refractivity contribution in [2.75, 3.05) is 25.6 Å². The van der Waals surface area contributed by atoms with Crippen molar-refractivity contribution in [2.24, 2.45) is 5.73 Å².